The Bertz CT molecular complexity index is 1240. The van der Waals surface area contributed by atoms with Crippen LogP contribution in [0.2, 0.25) is 5.02 Å². The highest BCUT2D eigenvalue weighted by Gasteiger charge is 2.24. The number of hydrogen-bond donors (Lipinski definition) is 1. The first-order valence-corrected chi connectivity index (χ1v) is 10.3. The zero-order chi connectivity index (χ0) is 20.5. The Kier molecular flexibility index (Phi) is 4.85. The molecule has 0 radical (unpaired) electrons. The molecule has 0 atom stereocenters. The highest BCUT2D eigenvalue weighted by Crippen LogP contribution is 2.32. The van der Waals surface area contributed by atoms with Crippen molar-refractivity contribution < 1.29 is 9.53 Å². The van der Waals surface area contributed by atoms with Crippen molar-refractivity contribution >= 4 is 34.1 Å². The van der Waals surface area contributed by atoms with E-state index in [1.54, 1.807) is 0 Å². The number of anilines is 1. The van der Waals surface area contributed by atoms with Gasteiger partial charge in [0.2, 0.25) is 0 Å². The number of para-hydroxylation sites is 1. The van der Waals surface area contributed by atoms with Crippen LogP contribution in [0.1, 0.15) is 28.0 Å². The molecule has 0 saturated carbocycles. The van der Waals surface area contributed by atoms with Gasteiger partial charge in [0.05, 0.1) is 11.1 Å². The summed E-state index contributed by atoms with van der Waals surface area (Å²) in [5.41, 5.74) is 4.24. The predicted molar refractivity (Wildman–Crippen MR) is 120 cm³/mol. The van der Waals surface area contributed by atoms with Crippen LogP contribution in [0.4, 0.5) is 5.69 Å². The molecule has 0 saturated heterocycles. The van der Waals surface area contributed by atoms with Crippen LogP contribution >= 0.6 is 11.6 Å². The lowest BCUT2D eigenvalue weighted by atomic mass is 10.0. The van der Waals surface area contributed by atoms with Gasteiger partial charge < -0.3 is 10.1 Å². The highest BCUT2D eigenvalue weighted by atomic mass is 35.5. The molecular weight excluding hydrogens is 396 g/mol. The second-order valence-corrected chi connectivity index (χ2v) is 7.76. The van der Waals surface area contributed by atoms with Crippen molar-refractivity contribution in [3.8, 4) is 11.5 Å². The highest BCUT2D eigenvalue weighted by molar-refractivity contribution is 6.31. The molecule has 4 nitrogen and oxygen atoms in total. The molecule has 1 N–H and O–H groups in total. The molecule has 0 fully saturated rings. The van der Waals surface area contributed by atoms with Crippen molar-refractivity contribution in [3.63, 3.8) is 0 Å². The number of carbonyl (C=O) groups excluding carboxylic acids is 1. The van der Waals surface area contributed by atoms with Crippen LogP contribution < -0.4 is 10.1 Å². The number of aryl methyl sites for hydroxylation is 1. The van der Waals surface area contributed by atoms with Crippen molar-refractivity contribution in [1.29, 1.82) is 0 Å². The number of nitrogens with zero attached hydrogens (tertiary/aromatic N) is 1. The maximum absolute atomic E-state index is 13.3. The first kappa shape index (κ1) is 18.6. The second kappa shape index (κ2) is 7.81. The third-order valence-electron chi connectivity index (χ3n) is 5.29. The fourth-order valence-electron chi connectivity index (χ4n) is 3.92. The number of benzene rings is 3. The number of fused-ring (bicyclic) bond motifs is 2. The van der Waals surface area contributed by atoms with E-state index in [-0.39, 0.29) is 5.91 Å². The smallest absolute Gasteiger partial charge is 0.256 e. The molecule has 148 valence electrons. The van der Waals surface area contributed by atoms with Crippen LogP contribution in [0.15, 0.2) is 72.8 Å². The zero-order valence-corrected chi connectivity index (χ0v) is 16.9. The van der Waals surface area contributed by atoms with Crippen LogP contribution in [0.25, 0.3) is 10.9 Å². The number of pyridine rings is 1. The minimum Gasteiger partial charge on any atom is -0.457 e. The van der Waals surface area contributed by atoms with E-state index in [2.05, 4.69) is 5.32 Å². The summed E-state index contributed by atoms with van der Waals surface area (Å²) < 4.78 is 5.82. The molecule has 5 rings (SSSR count). The van der Waals surface area contributed by atoms with E-state index in [9.17, 15) is 4.79 Å². The summed E-state index contributed by atoms with van der Waals surface area (Å²) in [6.45, 7) is 0. The fraction of sp³-hybridized carbons (Fsp3) is 0.120. The van der Waals surface area contributed by atoms with Gasteiger partial charge in [0, 0.05) is 21.8 Å². The van der Waals surface area contributed by atoms with Crippen LogP contribution in [0, 0.1) is 0 Å². The maximum Gasteiger partial charge on any atom is 0.256 e. The third kappa shape index (κ3) is 3.62. The van der Waals surface area contributed by atoms with E-state index in [4.69, 9.17) is 21.3 Å². The number of nitrogens with one attached hydrogen (secondary N) is 1. The van der Waals surface area contributed by atoms with Crippen molar-refractivity contribution in [3.05, 3.63) is 94.6 Å². The maximum atomic E-state index is 13.3. The average molecular weight is 415 g/mol. The van der Waals surface area contributed by atoms with Gasteiger partial charge in [-0.15, -0.1) is 0 Å². The summed E-state index contributed by atoms with van der Waals surface area (Å²) in [6, 6.07) is 22.5. The SMILES string of the molecule is O=C(Nc1ccc(Oc2ccccc2)cc1)c1c2c(nc3ccc(Cl)cc13)CCC2. The summed E-state index contributed by atoms with van der Waals surface area (Å²) in [5.74, 6) is 1.34. The zero-order valence-electron chi connectivity index (χ0n) is 16.2. The molecule has 4 aromatic rings. The lowest BCUT2D eigenvalue weighted by Gasteiger charge is -2.13. The average Bonchev–Trinajstić information content (AvgIpc) is 3.22. The number of carbonyl (C=O) groups is 1. The van der Waals surface area contributed by atoms with E-state index in [0.717, 1.165) is 47.2 Å². The molecule has 1 aliphatic carbocycles. The lowest BCUT2D eigenvalue weighted by molar-refractivity contribution is 0.102. The van der Waals surface area contributed by atoms with E-state index in [1.165, 1.54) is 0 Å². The number of halogens is 1. The number of rotatable bonds is 4. The van der Waals surface area contributed by atoms with E-state index in [1.807, 2.05) is 72.8 Å². The Labute approximate surface area is 179 Å². The molecule has 0 aliphatic heterocycles. The molecule has 1 aromatic heterocycles. The predicted octanol–water partition coefficient (Wildman–Crippen LogP) is 6.42. The Morgan fingerprint density at radius 2 is 1.70 bits per heavy atom. The second-order valence-electron chi connectivity index (χ2n) is 7.32. The summed E-state index contributed by atoms with van der Waals surface area (Å²) in [5, 5.41) is 4.42. The topological polar surface area (TPSA) is 51.2 Å². The quantitative estimate of drug-likeness (QED) is 0.419. The van der Waals surface area contributed by atoms with E-state index in [0.29, 0.717) is 22.0 Å². The van der Waals surface area contributed by atoms with Gasteiger partial charge in [-0.1, -0.05) is 29.8 Å². The van der Waals surface area contributed by atoms with Gasteiger partial charge in [-0.3, -0.25) is 9.78 Å². The third-order valence-corrected chi connectivity index (χ3v) is 5.53. The monoisotopic (exact) mass is 414 g/mol. The standard InChI is InChI=1S/C25H19ClN2O2/c26-16-9-14-23-21(15-16)24(20-7-4-8-22(20)28-23)25(29)27-17-10-12-19(13-11-17)30-18-5-2-1-3-6-18/h1-3,5-6,9-15H,4,7-8H2,(H,27,29). The molecule has 1 heterocycles. The van der Waals surface area contributed by atoms with Gasteiger partial charge in [0.15, 0.2) is 0 Å². The van der Waals surface area contributed by atoms with Crippen molar-refractivity contribution in [2.24, 2.45) is 0 Å². The Hall–Kier alpha value is -3.37. The number of hydrogen-bond acceptors (Lipinski definition) is 3. The minimum atomic E-state index is -0.139. The van der Waals surface area contributed by atoms with Gasteiger partial charge in [0.1, 0.15) is 11.5 Å². The molecule has 0 unspecified atom stereocenters. The van der Waals surface area contributed by atoms with Gasteiger partial charge in [0.25, 0.3) is 5.91 Å². The van der Waals surface area contributed by atoms with E-state index >= 15 is 0 Å². The molecule has 1 amide bonds. The number of ether oxygens (including phenoxy) is 1. The first-order chi connectivity index (χ1) is 14.7. The van der Waals surface area contributed by atoms with Crippen LogP contribution in [-0.4, -0.2) is 10.9 Å². The summed E-state index contributed by atoms with van der Waals surface area (Å²) in [4.78, 5) is 18.0. The number of amides is 1. The molecule has 0 spiro atoms. The van der Waals surface area contributed by atoms with Crippen LogP contribution in [-0.2, 0) is 12.8 Å². The fourth-order valence-corrected chi connectivity index (χ4v) is 4.09. The van der Waals surface area contributed by atoms with Crippen molar-refractivity contribution in [2.45, 2.75) is 19.3 Å². The molecular formula is C25H19ClN2O2. The van der Waals surface area contributed by atoms with Gasteiger partial charge in [-0.2, -0.15) is 0 Å². The van der Waals surface area contributed by atoms with E-state index < -0.39 is 0 Å². The summed E-state index contributed by atoms with van der Waals surface area (Å²) in [7, 11) is 0. The van der Waals surface area contributed by atoms with Crippen LogP contribution in [0.5, 0.6) is 11.5 Å². The van der Waals surface area contributed by atoms with Crippen molar-refractivity contribution in [1.82, 2.24) is 4.98 Å². The summed E-state index contributed by atoms with van der Waals surface area (Å²) in [6.07, 6.45) is 2.77. The summed E-state index contributed by atoms with van der Waals surface area (Å²) >= 11 is 6.22. The van der Waals surface area contributed by atoms with Gasteiger partial charge >= 0.3 is 0 Å². The van der Waals surface area contributed by atoms with Crippen LogP contribution in [0.3, 0.4) is 0 Å². The molecule has 5 heteroatoms. The lowest BCUT2D eigenvalue weighted by Crippen LogP contribution is -2.15. The molecule has 3 aromatic carbocycles. The van der Waals surface area contributed by atoms with Gasteiger partial charge in [-0.25, -0.2) is 0 Å². The Balaban J connectivity index is 1.43. The largest absolute Gasteiger partial charge is 0.457 e. The molecule has 30 heavy (non-hydrogen) atoms. The minimum absolute atomic E-state index is 0.139. The normalized spacial score (nSPS) is 12.6. The number of aromatic nitrogens is 1. The van der Waals surface area contributed by atoms with Crippen molar-refractivity contribution in [2.75, 3.05) is 5.32 Å². The Morgan fingerprint density at radius 3 is 2.50 bits per heavy atom. The molecule has 0 bridgehead atoms. The Morgan fingerprint density at radius 1 is 0.933 bits per heavy atom. The van der Waals surface area contributed by atoms with Gasteiger partial charge in [-0.05, 0) is 79.4 Å². The molecule has 1 aliphatic rings. The first-order valence-electron chi connectivity index (χ1n) is 9.93.